The number of hydrogen-bond donors (Lipinski definition) is 0. The standard InChI is InChI=1S/C14H20N4O2/c1-9(2)12-7-11(17-20-12)8-18(3)14-16-15-13(19-14)10-5-4-6-10/h7,9-10H,4-6,8H2,1-3H3. The summed E-state index contributed by atoms with van der Waals surface area (Å²) in [5, 5.41) is 12.3. The van der Waals surface area contributed by atoms with Gasteiger partial charge in [-0.2, -0.15) is 0 Å². The summed E-state index contributed by atoms with van der Waals surface area (Å²) >= 11 is 0. The molecule has 6 heteroatoms. The second kappa shape index (κ2) is 5.26. The summed E-state index contributed by atoms with van der Waals surface area (Å²) < 4.78 is 11.0. The van der Waals surface area contributed by atoms with Crippen molar-refractivity contribution < 1.29 is 8.94 Å². The lowest BCUT2D eigenvalue weighted by molar-refractivity contribution is 0.335. The molecule has 0 spiro atoms. The van der Waals surface area contributed by atoms with Gasteiger partial charge in [0.15, 0.2) is 0 Å². The number of aromatic nitrogens is 3. The number of rotatable bonds is 5. The number of hydrogen-bond acceptors (Lipinski definition) is 6. The van der Waals surface area contributed by atoms with E-state index in [2.05, 4.69) is 29.2 Å². The van der Waals surface area contributed by atoms with Crippen molar-refractivity contribution in [3.8, 4) is 0 Å². The Morgan fingerprint density at radius 3 is 2.75 bits per heavy atom. The largest absolute Gasteiger partial charge is 0.408 e. The molecule has 1 aliphatic rings. The highest BCUT2D eigenvalue weighted by molar-refractivity contribution is 5.25. The summed E-state index contributed by atoms with van der Waals surface area (Å²) in [4.78, 5) is 1.90. The smallest absolute Gasteiger partial charge is 0.318 e. The molecule has 1 saturated carbocycles. The molecule has 0 aromatic carbocycles. The van der Waals surface area contributed by atoms with Gasteiger partial charge in [-0.3, -0.25) is 0 Å². The van der Waals surface area contributed by atoms with Crippen molar-refractivity contribution in [2.24, 2.45) is 0 Å². The molecule has 108 valence electrons. The molecule has 0 amide bonds. The van der Waals surface area contributed by atoms with Crippen LogP contribution in [-0.4, -0.2) is 22.4 Å². The molecular formula is C14H20N4O2. The van der Waals surface area contributed by atoms with Gasteiger partial charge in [-0.1, -0.05) is 30.5 Å². The van der Waals surface area contributed by atoms with Gasteiger partial charge in [0.1, 0.15) is 11.5 Å². The van der Waals surface area contributed by atoms with Crippen LogP contribution in [0.25, 0.3) is 0 Å². The van der Waals surface area contributed by atoms with Gasteiger partial charge in [0.25, 0.3) is 0 Å². The molecule has 0 unspecified atom stereocenters. The lowest BCUT2D eigenvalue weighted by Crippen LogP contribution is -2.17. The predicted molar refractivity (Wildman–Crippen MR) is 73.6 cm³/mol. The maximum Gasteiger partial charge on any atom is 0.318 e. The monoisotopic (exact) mass is 276 g/mol. The Labute approximate surface area is 118 Å². The van der Waals surface area contributed by atoms with Crippen molar-refractivity contribution in [2.75, 3.05) is 11.9 Å². The molecular weight excluding hydrogens is 256 g/mol. The molecule has 0 radical (unpaired) electrons. The highest BCUT2D eigenvalue weighted by Crippen LogP contribution is 2.36. The van der Waals surface area contributed by atoms with E-state index in [1.807, 2.05) is 18.0 Å². The van der Waals surface area contributed by atoms with Gasteiger partial charge in [-0.25, -0.2) is 0 Å². The van der Waals surface area contributed by atoms with Gasteiger partial charge in [0.05, 0.1) is 6.54 Å². The summed E-state index contributed by atoms with van der Waals surface area (Å²) in [6.45, 7) is 4.76. The molecule has 0 aliphatic heterocycles. The second-order valence-corrected chi connectivity index (χ2v) is 5.78. The van der Waals surface area contributed by atoms with E-state index < -0.39 is 0 Å². The van der Waals surface area contributed by atoms with Crippen molar-refractivity contribution in [2.45, 2.75) is 51.5 Å². The molecule has 0 saturated heterocycles. The highest BCUT2D eigenvalue weighted by Gasteiger charge is 2.26. The van der Waals surface area contributed by atoms with E-state index in [0.717, 1.165) is 30.2 Å². The Balaban J connectivity index is 1.65. The van der Waals surface area contributed by atoms with Crippen LogP contribution in [0.4, 0.5) is 6.01 Å². The van der Waals surface area contributed by atoms with Crippen LogP contribution in [-0.2, 0) is 6.54 Å². The fourth-order valence-corrected chi connectivity index (χ4v) is 2.19. The van der Waals surface area contributed by atoms with Crippen LogP contribution in [0, 0.1) is 0 Å². The molecule has 3 rings (SSSR count). The quantitative estimate of drug-likeness (QED) is 0.836. The minimum absolute atomic E-state index is 0.343. The maximum atomic E-state index is 5.72. The van der Waals surface area contributed by atoms with Crippen molar-refractivity contribution in [1.29, 1.82) is 0 Å². The fraction of sp³-hybridized carbons (Fsp3) is 0.643. The third-order valence-electron chi connectivity index (χ3n) is 3.76. The Hall–Kier alpha value is -1.85. The van der Waals surface area contributed by atoms with Gasteiger partial charge in [-0.05, 0) is 12.8 Å². The summed E-state index contributed by atoms with van der Waals surface area (Å²) in [5.74, 6) is 2.47. The molecule has 1 aliphatic carbocycles. The van der Waals surface area contributed by atoms with Gasteiger partial charge >= 0.3 is 6.01 Å². The average molecular weight is 276 g/mol. The molecule has 6 nitrogen and oxygen atoms in total. The normalized spacial score (nSPS) is 15.6. The molecule has 2 aromatic rings. The zero-order valence-electron chi connectivity index (χ0n) is 12.2. The van der Waals surface area contributed by atoms with Gasteiger partial charge in [0.2, 0.25) is 5.89 Å². The van der Waals surface area contributed by atoms with Crippen LogP contribution in [0.5, 0.6) is 0 Å². The Morgan fingerprint density at radius 2 is 2.15 bits per heavy atom. The third-order valence-corrected chi connectivity index (χ3v) is 3.76. The first-order valence-corrected chi connectivity index (χ1v) is 7.13. The van der Waals surface area contributed by atoms with Crippen molar-refractivity contribution in [3.05, 3.63) is 23.4 Å². The Kier molecular flexibility index (Phi) is 3.46. The van der Waals surface area contributed by atoms with Crippen LogP contribution in [0.2, 0.25) is 0 Å². The minimum atomic E-state index is 0.343. The van der Waals surface area contributed by atoms with E-state index in [9.17, 15) is 0 Å². The van der Waals surface area contributed by atoms with Crippen LogP contribution in [0.15, 0.2) is 15.0 Å². The molecule has 0 atom stereocenters. The highest BCUT2D eigenvalue weighted by atomic mass is 16.5. The fourth-order valence-electron chi connectivity index (χ4n) is 2.19. The zero-order valence-corrected chi connectivity index (χ0v) is 12.2. The summed E-state index contributed by atoms with van der Waals surface area (Å²) in [6, 6.07) is 2.52. The van der Waals surface area contributed by atoms with E-state index in [1.54, 1.807) is 0 Å². The first-order chi connectivity index (χ1) is 9.63. The van der Waals surface area contributed by atoms with Crippen molar-refractivity contribution in [3.63, 3.8) is 0 Å². The molecule has 2 aromatic heterocycles. The van der Waals surface area contributed by atoms with Gasteiger partial charge < -0.3 is 13.8 Å². The molecule has 20 heavy (non-hydrogen) atoms. The van der Waals surface area contributed by atoms with Crippen LogP contribution >= 0.6 is 0 Å². The van der Waals surface area contributed by atoms with Gasteiger partial charge in [-0.15, -0.1) is 5.10 Å². The number of anilines is 1. The molecule has 0 N–H and O–H groups in total. The molecule has 2 heterocycles. The summed E-state index contributed by atoms with van der Waals surface area (Å²) in [5.41, 5.74) is 0.875. The van der Waals surface area contributed by atoms with Crippen LogP contribution in [0.3, 0.4) is 0 Å². The summed E-state index contributed by atoms with van der Waals surface area (Å²) in [6.07, 6.45) is 3.58. The Bertz CT molecular complexity index is 571. The lowest BCUT2D eigenvalue weighted by Gasteiger charge is -2.21. The van der Waals surface area contributed by atoms with Crippen LogP contribution < -0.4 is 4.90 Å². The third kappa shape index (κ3) is 2.55. The van der Waals surface area contributed by atoms with Crippen LogP contribution in [0.1, 0.15) is 62.3 Å². The maximum absolute atomic E-state index is 5.72. The Morgan fingerprint density at radius 1 is 1.35 bits per heavy atom. The van der Waals surface area contributed by atoms with Crippen molar-refractivity contribution >= 4 is 6.01 Å². The van der Waals surface area contributed by atoms with E-state index >= 15 is 0 Å². The minimum Gasteiger partial charge on any atom is -0.408 e. The van der Waals surface area contributed by atoms with E-state index in [-0.39, 0.29) is 0 Å². The molecule has 1 fully saturated rings. The van der Waals surface area contributed by atoms with E-state index in [4.69, 9.17) is 8.94 Å². The topological polar surface area (TPSA) is 68.2 Å². The van der Waals surface area contributed by atoms with Crippen molar-refractivity contribution in [1.82, 2.24) is 15.4 Å². The summed E-state index contributed by atoms with van der Waals surface area (Å²) in [7, 11) is 1.92. The first-order valence-electron chi connectivity index (χ1n) is 7.13. The van der Waals surface area contributed by atoms with Gasteiger partial charge in [0, 0.05) is 24.9 Å². The first kappa shape index (κ1) is 13.1. The second-order valence-electron chi connectivity index (χ2n) is 5.78. The SMILES string of the molecule is CC(C)c1cc(CN(C)c2nnc(C3CCC3)o2)no1. The predicted octanol–water partition coefficient (Wildman–Crippen LogP) is 3.08. The van der Waals surface area contributed by atoms with E-state index in [1.165, 1.54) is 6.42 Å². The lowest BCUT2D eigenvalue weighted by atomic mass is 9.85. The molecule has 0 bridgehead atoms. The zero-order chi connectivity index (χ0) is 14.1. The number of nitrogens with zero attached hydrogens (tertiary/aromatic N) is 4. The van der Waals surface area contributed by atoms with E-state index in [0.29, 0.717) is 24.4 Å². The average Bonchev–Trinajstić information content (AvgIpc) is 2.95.